The third-order valence-corrected chi connectivity index (χ3v) is 5.70. The van der Waals surface area contributed by atoms with Gasteiger partial charge in [-0.25, -0.2) is 9.48 Å². The highest BCUT2D eigenvalue weighted by Crippen LogP contribution is 2.26. The number of rotatable bonds is 6. The van der Waals surface area contributed by atoms with E-state index in [0.717, 1.165) is 12.0 Å². The number of benzene rings is 2. The van der Waals surface area contributed by atoms with Crippen LogP contribution in [0.3, 0.4) is 0 Å². The number of carbonyl (C=O) groups is 2. The fourth-order valence-corrected chi connectivity index (χ4v) is 3.96. The Hall–Kier alpha value is -3.85. The van der Waals surface area contributed by atoms with Crippen LogP contribution >= 0.6 is 0 Å². The minimum absolute atomic E-state index is 0.0442. The molecule has 1 aliphatic rings. The molecular weight excluding hydrogens is 420 g/mol. The van der Waals surface area contributed by atoms with Crippen LogP contribution in [0.1, 0.15) is 26.6 Å². The molecule has 4 N–H and O–H groups in total. The fourth-order valence-electron chi connectivity index (χ4n) is 3.96. The molecule has 3 atom stereocenters. The van der Waals surface area contributed by atoms with Crippen LogP contribution in [-0.2, 0) is 4.79 Å². The van der Waals surface area contributed by atoms with Crippen molar-refractivity contribution >= 4 is 23.4 Å². The van der Waals surface area contributed by atoms with E-state index in [1.54, 1.807) is 42.1 Å². The summed E-state index contributed by atoms with van der Waals surface area (Å²) >= 11 is 0. The van der Waals surface area contributed by atoms with E-state index in [-0.39, 0.29) is 17.9 Å². The molecule has 0 bridgehead atoms. The monoisotopic (exact) mass is 448 g/mol. The molecule has 1 aromatic heterocycles. The zero-order valence-corrected chi connectivity index (χ0v) is 18.8. The van der Waals surface area contributed by atoms with Gasteiger partial charge in [-0.2, -0.15) is 5.10 Å². The Bertz CT molecular complexity index is 1130. The van der Waals surface area contributed by atoms with Crippen LogP contribution in [0.4, 0.5) is 16.3 Å². The molecule has 0 saturated carbocycles. The quantitative estimate of drug-likeness (QED) is 0.459. The summed E-state index contributed by atoms with van der Waals surface area (Å²) in [6.07, 6.45) is 0.134. The van der Waals surface area contributed by atoms with Crippen molar-refractivity contribution in [2.75, 3.05) is 17.7 Å². The van der Waals surface area contributed by atoms with Crippen molar-refractivity contribution in [2.45, 2.75) is 32.6 Å². The summed E-state index contributed by atoms with van der Waals surface area (Å²) in [5.41, 5.74) is 2.16. The van der Waals surface area contributed by atoms with Crippen molar-refractivity contribution in [1.29, 1.82) is 0 Å². The summed E-state index contributed by atoms with van der Waals surface area (Å²) in [5, 5.41) is 16.7. The van der Waals surface area contributed by atoms with E-state index < -0.39 is 12.3 Å². The van der Waals surface area contributed by atoms with Crippen LogP contribution in [-0.4, -0.2) is 34.9 Å². The first-order chi connectivity index (χ1) is 16.0. The smallest absolute Gasteiger partial charge is 0.324 e. The second-order valence-electron chi connectivity index (χ2n) is 7.92. The van der Waals surface area contributed by atoms with Crippen LogP contribution in [0.25, 0.3) is 11.3 Å². The number of nitrogens with one attached hydrogen (secondary N) is 4. The molecule has 2 aromatic carbocycles. The molecule has 3 unspecified atom stereocenters. The molecule has 4 rings (SSSR count). The van der Waals surface area contributed by atoms with Crippen LogP contribution in [0.5, 0.6) is 5.75 Å². The third kappa shape index (κ3) is 4.98. The summed E-state index contributed by atoms with van der Waals surface area (Å²) in [6.45, 7) is 3.96. The maximum absolute atomic E-state index is 12.8. The van der Waals surface area contributed by atoms with E-state index in [9.17, 15) is 9.59 Å². The van der Waals surface area contributed by atoms with Gasteiger partial charge in [0.1, 0.15) is 11.6 Å². The van der Waals surface area contributed by atoms with E-state index >= 15 is 0 Å². The number of aromatic nitrogens is 2. The molecule has 3 amide bonds. The van der Waals surface area contributed by atoms with Crippen molar-refractivity contribution in [2.24, 2.45) is 5.92 Å². The van der Waals surface area contributed by atoms with Crippen molar-refractivity contribution < 1.29 is 14.3 Å². The van der Waals surface area contributed by atoms with E-state index in [4.69, 9.17) is 4.74 Å². The van der Waals surface area contributed by atoms with Gasteiger partial charge in [-0.15, -0.1) is 0 Å². The molecule has 1 aliphatic heterocycles. The van der Waals surface area contributed by atoms with Gasteiger partial charge in [-0.05, 0) is 25.5 Å². The Kier molecular flexibility index (Phi) is 6.60. The van der Waals surface area contributed by atoms with Crippen molar-refractivity contribution in [1.82, 2.24) is 20.4 Å². The molecule has 0 radical (unpaired) electrons. The molecule has 1 fully saturated rings. The Morgan fingerprint density at radius 3 is 2.61 bits per heavy atom. The third-order valence-electron chi connectivity index (χ3n) is 5.70. The molecule has 33 heavy (non-hydrogen) atoms. The van der Waals surface area contributed by atoms with Gasteiger partial charge in [0, 0.05) is 29.4 Å². The van der Waals surface area contributed by atoms with Crippen LogP contribution < -0.4 is 26.0 Å². The number of ether oxygens (including phenoxy) is 1. The van der Waals surface area contributed by atoms with Crippen LogP contribution in [0.15, 0.2) is 60.7 Å². The molecule has 3 aromatic rings. The van der Waals surface area contributed by atoms with Gasteiger partial charge in [0.2, 0.25) is 5.91 Å². The zero-order chi connectivity index (χ0) is 23.4. The first kappa shape index (κ1) is 22.3. The van der Waals surface area contributed by atoms with Gasteiger partial charge in [-0.1, -0.05) is 43.3 Å². The van der Waals surface area contributed by atoms with Gasteiger partial charge < -0.3 is 15.4 Å². The van der Waals surface area contributed by atoms with Crippen molar-refractivity contribution in [3.63, 3.8) is 0 Å². The summed E-state index contributed by atoms with van der Waals surface area (Å²) in [4.78, 5) is 25.4. The topological polar surface area (TPSA) is 109 Å². The number of urea groups is 1. The first-order valence-corrected chi connectivity index (χ1v) is 10.9. The second-order valence-corrected chi connectivity index (χ2v) is 7.92. The van der Waals surface area contributed by atoms with E-state index in [1.165, 1.54) is 0 Å². The molecule has 0 aliphatic carbocycles. The van der Waals surface area contributed by atoms with Gasteiger partial charge >= 0.3 is 6.03 Å². The number of carbonyl (C=O) groups excluding carboxylic acids is 2. The molecule has 9 heteroatoms. The number of hydrogen-bond donors (Lipinski definition) is 4. The lowest BCUT2D eigenvalue weighted by Crippen LogP contribution is -2.57. The number of anilines is 2. The second kappa shape index (κ2) is 9.74. The standard InChI is InChI=1S/C24H28N6O3/c1-4-19-15(2)25-23(28-22(19)31)30-21(14-20(29-30)16-9-6-5-7-10-16)27-24(32)26-17-11-8-12-18(13-17)33-3/h5-15,19,23,25H,4H2,1-3H3,(H,28,31)(H2,26,27,32). The minimum Gasteiger partial charge on any atom is -0.497 e. The van der Waals surface area contributed by atoms with Gasteiger partial charge in [0.15, 0.2) is 6.29 Å². The summed E-state index contributed by atoms with van der Waals surface area (Å²) < 4.78 is 6.80. The highest BCUT2D eigenvalue weighted by atomic mass is 16.5. The SMILES string of the molecule is CCC1C(=O)NC(n2nc(-c3ccccc3)cc2NC(=O)Nc2cccc(OC)c2)NC1C. The average Bonchev–Trinajstić information content (AvgIpc) is 3.23. The van der Waals surface area contributed by atoms with Gasteiger partial charge in [-0.3, -0.25) is 15.4 Å². The maximum atomic E-state index is 12.8. The largest absolute Gasteiger partial charge is 0.497 e. The fraction of sp³-hybridized carbons (Fsp3) is 0.292. The molecule has 9 nitrogen and oxygen atoms in total. The zero-order valence-electron chi connectivity index (χ0n) is 18.8. The summed E-state index contributed by atoms with van der Waals surface area (Å²) in [7, 11) is 1.57. The molecule has 172 valence electrons. The van der Waals surface area contributed by atoms with Crippen molar-refractivity contribution in [3.05, 3.63) is 60.7 Å². The summed E-state index contributed by atoms with van der Waals surface area (Å²) in [6, 6.07) is 18.0. The normalized spacial score (nSPS) is 20.1. The molecular formula is C24H28N6O3. The lowest BCUT2D eigenvalue weighted by molar-refractivity contribution is -0.130. The highest BCUT2D eigenvalue weighted by Gasteiger charge is 2.34. The number of amides is 3. The maximum Gasteiger partial charge on any atom is 0.324 e. The first-order valence-electron chi connectivity index (χ1n) is 10.9. The van der Waals surface area contributed by atoms with Gasteiger partial charge in [0.25, 0.3) is 0 Å². The Labute approximate surface area is 192 Å². The highest BCUT2D eigenvalue weighted by molar-refractivity contribution is 5.99. The number of hydrogen-bond acceptors (Lipinski definition) is 5. The molecule has 2 heterocycles. The molecule has 0 spiro atoms. The lowest BCUT2D eigenvalue weighted by Gasteiger charge is -2.35. The molecule has 1 saturated heterocycles. The van der Waals surface area contributed by atoms with Crippen LogP contribution in [0.2, 0.25) is 0 Å². The van der Waals surface area contributed by atoms with Crippen molar-refractivity contribution in [3.8, 4) is 17.0 Å². The number of nitrogens with zero attached hydrogens (tertiary/aromatic N) is 2. The average molecular weight is 449 g/mol. The van der Waals surface area contributed by atoms with Gasteiger partial charge in [0.05, 0.1) is 18.7 Å². The number of methoxy groups -OCH3 is 1. The van der Waals surface area contributed by atoms with E-state index in [1.807, 2.05) is 44.2 Å². The van der Waals surface area contributed by atoms with E-state index in [0.29, 0.717) is 22.9 Å². The minimum atomic E-state index is -0.597. The van der Waals surface area contributed by atoms with Crippen LogP contribution in [0, 0.1) is 5.92 Å². The lowest BCUT2D eigenvalue weighted by atomic mass is 9.95. The Morgan fingerprint density at radius 1 is 1.12 bits per heavy atom. The summed E-state index contributed by atoms with van der Waals surface area (Å²) in [5.74, 6) is 0.905. The van der Waals surface area contributed by atoms with E-state index in [2.05, 4.69) is 26.4 Å². The predicted octanol–water partition coefficient (Wildman–Crippen LogP) is 3.79. The Morgan fingerprint density at radius 2 is 1.91 bits per heavy atom. The predicted molar refractivity (Wildman–Crippen MR) is 127 cm³/mol. The Balaban J connectivity index is 1.61.